The third kappa shape index (κ3) is 2.96. The van der Waals surface area contributed by atoms with Crippen LogP contribution in [0.2, 0.25) is 5.02 Å². The van der Waals surface area contributed by atoms with Crippen molar-refractivity contribution < 1.29 is 0 Å². The van der Waals surface area contributed by atoms with E-state index in [1.54, 1.807) is 22.6 Å². The van der Waals surface area contributed by atoms with Gasteiger partial charge < -0.3 is 5.73 Å². The number of rotatable bonds is 4. The topological polar surface area (TPSA) is 69.6 Å². The summed E-state index contributed by atoms with van der Waals surface area (Å²) in [7, 11) is 1.84. The van der Waals surface area contributed by atoms with Crippen LogP contribution in [-0.2, 0) is 18.6 Å². The zero-order valence-corrected chi connectivity index (χ0v) is 13.0. The number of fused-ring (bicyclic) bond motifs is 1. The maximum Gasteiger partial charge on any atom is 0.163 e. The average Bonchev–Trinajstić information content (AvgIpc) is 2.83. The lowest BCUT2D eigenvalue weighted by Gasteiger charge is -2.05. The maximum absolute atomic E-state index is 6.14. The maximum atomic E-state index is 6.14. The van der Waals surface area contributed by atoms with Crippen molar-refractivity contribution in [2.75, 3.05) is 5.73 Å². The summed E-state index contributed by atoms with van der Waals surface area (Å²) < 4.78 is 1.70. The number of anilines is 1. The predicted octanol–water partition coefficient (Wildman–Crippen LogP) is 3.03. The van der Waals surface area contributed by atoms with Crippen LogP contribution in [0.3, 0.4) is 0 Å². The molecule has 2 N–H and O–H groups in total. The van der Waals surface area contributed by atoms with E-state index >= 15 is 0 Å². The number of benzene rings is 1. The molecular weight excluding hydrogens is 306 g/mol. The third-order valence-corrected chi connectivity index (χ3v) is 4.46. The summed E-state index contributed by atoms with van der Waals surface area (Å²) in [6.45, 7) is 0. The fraction of sp³-hybridized carbons (Fsp3) is 0.214. The molecule has 7 heteroatoms. The molecule has 3 aromatic rings. The van der Waals surface area contributed by atoms with Crippen molar-refractivity contribution in [3.05, 3.63) is 46.9 Å². The zero-order chi connectivity index (χ0) is 14.8. The van der Waals surface area contributed by atoms with Crippen LogP contribution >= 0.6 is 23.4 Å². The minimum absolute atomic E-state index is 0.474. The van der Waals surface area contributed by atoms with Gasteiger partial charge in [-0.05, 0) is 11.6 Å². The first kappa shape index (κ1) is 14.2. The van der Waals surface area contributed by atoms with E-state index in [4.69, 9.17) is 17.3 Å². The summed E-state index contributed by atoms with van der Waals surface area (Å²) >= 11 is 7.84. The number of aryl methyl sites for hydroxylation is 1. The number of hydrogen-bond acceptors (Lipinski definition) is 5. The van der Waals surface area contributed by atoms with Gasteiger partial charge in [-0.15, -0.1) is 11.8 Å². The van der Waals surface area contributed by atoms with Gasteiger partial charge in [-0.2, -0.15) is 5.10 Å². The van der Waals surface area contributed by atoms with E-state index in [2.05, 4.69) is 15.1 Å². The number of halogens is 1. The molecule has 108 valence electrons. The van der Waals surface area contributed by atoms with Gasteiger partial charge in [-0.3, -0.25) is 4.68 Å². The molecule has 0 radical (unpaired) electrons. The fourth-order valence-corrected chi connectivity index (χ4v) is 3.19. The molecule has 1 aromatic carbocycles. The van der Waals surface area contributed by atoms with Crippen LogP contribution in [0.5, 0.6) is 0 Å². The minimum atomic E-state index is 0.474. The highest BCUT2D eigenvalue weighted by Gasteiger charge is 2.09. The molecular formula is C14H14ClN5S. The molecule has 21 heavy (non-hydrogen) atoms. The van der Waals surface area contributed by atoms with Gasteiger partial charge in [-0.1, -0.05) is 29.8 Å². The van der Waals surface area contributed by atoms with Crippen LogP contribution in [0.4, 0.5) is 5.82 Å². The highest BCUT2D eigenvalue weighted by molar-refractivity contribution is 7.97. The van der Waals surface area contributed by atoms with E-state index in [-0.39, 0.29) is 0 Å². The normalized spacial score (nSPS) is 11.1. The number of nitrogen functional groups attached to an aromatic ring is 1. The second-order valence-corrected chi connectivity index (χ2v) is 6.01. The van der Waals surface area contributed by atoms with Crippen molar-refractivity contribution in [2.24, 2.45) is 7.05 Å². The summed E-state index contributed by atoms with van der Waals surface area (Å²) in [6.07, 6.45) is 1.69. The SMILES string of the molecule is Cn1ncc2c(N)nc(CSCc3ccccc3Cl)nc21. The first-order chi connectivity index (χ1) is 10.1. The lowest BCUT2D eigenvalue weighted by Crippen LogP contribution is -2.01. The Bertz CT molecular complexity index is 786. The van der Waals surface area contributed by atoms with Crippen LogP contribution in [-0.4, -0.2) is 19.7 Å². The van der Waals surface area contributed by atoms with Gasteiger partial charge in [0.15, 0.2) is 5.65 Å². The van der Waals surface area contributed by atoms with Crippen LogP contribution in [0.25, 0.3) is 11.0 Å². The smallest absolute Gasteiger partial charge is 0.163 e. The van der Waals surface area contributed by atoms with Crippen molar-refractivity contribution in [1.82, 2.24) is 19.7 Å². The van der Waals surface area contributed by atoms with Gasteiger partial charge in [0.05, 0.1) is 17.3 Å². The number of aromatic nitrogens is 4. The number of thioether (sulfide) groups is 1. The Morgan fingerprint density at radius 3 is 2.86 bits per heavy atom. The molecule has 0 aliphatic heterocycles. The molecule has 0 aliphatic rings. The molecule has 0 atom stereocenters. The molecule has 0 spiro atoms. The van der Waals surface area contributed by atoms with Crippen molar-refractivity contribution in [1.29, 1.82) is 0 Å². The zero-order valence-electron chi connectivity index (χ0n) is 11.5. The van der Waals surface area contributed by atoms with E-state index in [1.807, 2.05) is 31.3 Å². The van der Waals surface area contributed by atoms with Gasteiger partial charge in [0.2, 0.25) is 0 Å². The van der Waals surface area contributed by atoms with Crippen LogP contribution in [0.15, 0.2) is 30.5 Å². The minimum Gasteiger partial charge on any atom is -0.383 e. The van der Waals surface area contributed by atoms with Gasteiger partial charge in [-0.25, -0.2) is 9.97 Å². The Morgan fingerprint density at radius 1 is 1.24 bits per heavy atom. The van der Waals surface area contributed by atoms with E-state index in [9.17, 15) is 0 Å². The van der Waals surface area contributed by atoms with E-state index in [1.165, 1.54) is 0 Å². The first-order valence-electron chi connectivity index (χ1n) is 6.40. The molecule has 0 unspecified atom stereocenters. The molecule has 3 rings (SSSR count). The highest BCUT2D eigenvalue weighted by atomic mass is 35.5. The third-order valence-electron chi connectivity index (χ3n) is 3.11. The second-order valence-electron chi connectivity index (χ2n) is 4.61. The van der Waals surface area contributed by atoms with E-state index in [0.717, 1.165) is 27.4 Å². The molecule has 0 saturated carbocycles. The van der Waals surface area contributed by atoms with E-state index < -0.39 is 0 Å². The predicted molar refractivity (Wildman–Crippen MR) is 87.2 cm³/mol. The van der Waals surface area contributed by atoms with Crippen molar-refractivity contribution in [3.63, 3.8) is 0 Å². The largest absolute Gasteiger partial charge is 0.383 e. The highest BCUT2D eigenvalue weighted by Crippen LogP contribution is 2.24. The number of hydrogen-bond donors (Lipinski definition) is 1. The molecule has 0 bridgehead atoms. The summed E-state index contributed by atoms with van der Waals surface area (Å²) in [5.74, 6) is 2.67. The lowest BCUT2D eigenvalue weighted by molar-refractivity contribution is 0.782. The van der Waals surface area contributed by atoms with Gasteiger partial charge in [0, 0.05) is 17.8 Å². The molecule has 0 aliphatic carbocycles. The fourth-order valence-electron chi connectivity index (χ4n) is 2.02. The average molecular weight is 320 g/mol. The first-order valence-corrected chi connectivity index (χ1v) is 7.93. The summed E-state index contributed by atoms with van der Waals surface area (Å²) in [4.78, 5) is 8.83. The van der Waals surface area contributed by atoms with E-state index in [0.29, 0.717) is 17.4 Å². The molecule has 0 saturated heterocycles. The Labute approximate surface area is 131 Å². The quantitative estimate of drug-likeness (QED) is 0.800. The summed E-state index contributed by atoms with van der Waals surface area (Å²) in [5.41, 5.74) is 7.81. The van der Waals surface area contributed by atoms with Crippen LogP contribution < -0.4 is 5.73 Å². The monoisotopic (exact) mass is 319 g/mol. The standard InChI is InChI=1S/C14H14ClN5S/c1-20-14-10(6-17-20)13(16)18-12(19-14)8-21-7-9-4-2-3-5-11(9)15/h2-6H,7-8H2,1H3,(H2,16,18,19). The Hall–Kier alpha value is -1.79. The Balaban J connectivity index is 1.74. The molecule has 0 amide bonds. The lowest BCUT2D eigenvalue weighted by atomic mass is 10.2. The van der Waals surface area contributed by atoms with Crippen LogP contribution in [0, 0.1) is 0 Å². The van der Waals surface area contributed by atoms with Gasteiger partial charge >= 0.3 is 0 Å². The van der Waals surface area contributed by atoms with Crippen molar-refractivity contribution in [2.45, 2.75) is 11.5 Å². The van der Waals surface area contributed by atoms with Gasteiger partial charge in [0.1, 0.15) is 11.6 Å². The van der Waals surface area contributed by atoms with Crippen LogP contribution in [0.1, 0.15) is 11.4 Å². The number of nitrogens with two attached hydrogens (primary N) is 1. The summed E-state index contributed by atoms with van der Waals surface area (Å²) in [5, 5.41) is 5.72. The molecule has 2 heterocycles. The molecule has 2 aromatic heterocycles. The second kappa shape index (κ2) is 5.91. The summed E-state index contributed by atoms with van der Waals surface area (Å²) in [6, 6.07) is 7.83. The van der Waals surface area contributed by atoms with Crippen molar-refractivity contribution in [3.8, 4) is 0 Å². The Kier molecular flexibility index (Phi) is 3.98. The molecule has 0 fully saturated rings. The number of nitrogens with zero attached hydrogens (tertiary/aromatic N) is 4. The molecule has 5 nitrogen and oxygen atoms in total. The van der Waals surface area contributed by atoms with Gasteiger partial charge in [0.25, 0.3) is 0 Å². The van der Waals surface area contributed by atoms with Crippen molar-refractivity contribution >= 4 is 40.2 Å². The Morgan fingerprint density at radius 2 is 2.05 bits per heavy atom.